The number of nitrogens with one attached hydrogen (secondary N) is 1. The molecule has 0 spiro atoms. The summed E-state index contributed by atoms with van der Waals surface area (Å²) in [6, 6.07) is 6.78. The van der Waals surface area contributed by atoms with Crippen LogP contribution < -0.4 is 14.8 Å². The first-order valence-electron chi connectivity index (χ1n) is 7.93. The zero-order chi connectivity index (χ0) is 13.8. The number of rotatable bonds is 5. The monoisotopic (exact) mass is 275 g/mol. The molecule has 110 valence electrons. The molecule has 1 aromatic carbocycles. The molecule has 3 nitrogen and oxygen atoms in total. The number of fused-ring (bicyclic) bond motifs is 1. The van der Waals surface area contributed by atoms with E-state index in [1.54, 1.807) is 0 Å². The van der Waals surface area contributed by atoms with Gasteiger partial charge >= 0.3 is 0 Å². The van der Waals surface area contributed by atoms with Gasteiger partial charge in [0.05, 0.1) is 0 Å². The highest BCUT2D eigenvalue weighted by Crippen LogP contribution is 2.35. The summed E-state index contributed by atoms with van der Waals surface area (Å²) in [7, 11) is 2.05. The van der Waals surface area contributed by atoms with Crippen molar-refractivity contribution in [1.82, 2.24) is 5.32 Å². The zero-order valence-electron chi connectivity index (χ0n) is 12.4. The van der Waals surface area contributed by atoms with Crippen LogP contribution in [0.15, 0.2) is 18.2 Å². The first kappa shape index (κ1) is 13.7. The van der Waals surface area contributed by atoms with E-state index in [1.807, 2.05) is 6.07 Å². The molecule has 1 heterocycles. The third kappa shape index (κ3) is 3.09. The number of hydrogen-bond acceptors (Lipinski definition) is 3. The normalized spacial score (nSPS) is 20.1. The lowest BCUT2D eigenvalue weighted by atomic mass is 9.94. The standard InChI is InChI=1S/C17H25NO2/c1-18-15(8-6-13-4-2-3-5-13)14-7-9-16-17(12-14)20-11-10-19-16/h7,9,12-13,15,18H,2-6,8,10-11H2,1H3. The molecule has 0 bridgehead atoms. The molecule has 1 unspecified atom stereocenters. The first-order chi connectivity index (χ1) is 9.86. The van der Waals surface area contributed by atoms with E-state index in [0.717, 1.165) is 17.4 Å². The van der Waals surface area contributed by atoms with Gasteiger partial charge < -0.3 is 14.8 Å². The van der Waals surface area contributed by atoms with Gasteiger partial charge in [-0.1, -0.05) is 31.7 Å². The maximum absolute atomic E-state index is 5.68. The van der Waals surface area contributed by atoms with Crippen molar-refractivity contribution in [2.24, 2.45) is 5.92 Å². The van der Waals surface area contributed by atoms with Crippen LogP contribution in [-0.4, -0.2) is 20.3 Å². The summed E-state index contributed by atoms with van der Waals surface area (Å²) >= 11 is 0. The van der Waals surface area contributed by atoms with Crippen molar-refractivity contribution in [2.75, 3.05) is 20.3 Å². The highest BCUT2D eigenvalue weighted by molar-refractivity contribution is 5.44. The van der Waals surface area contributed by atoms with Crippen LogP contribution in [0.3, 0.4) is 0 Å². The fraction of sp³-hybridized carbons (Fsp3) is 0.647. The van der Waals surface area contributed by atoms with Crippen LogP contribution in [0.5, 0.6) is 11.5 Å². The molecule has 0 amide bonds. The average Bonchev–Trinajstić information content (AvgIpc) is 3.01. The summed E-state index contributed by atoms with van der Waals surface area (Å²) in [4.78, 5) is 0. The smallest absolute Gasteiger partial charge is 0.161 e. The maximum atomic E-state index is 5.68. The maximum Gasteiger partial charge on any atom is 0.161 e. The number of benzene rings is 1. The summed E-state index contributed by atoms with van der Waals surface area (Å²) in [6.07, 6.45) is 8.26. The van der Waals surface area contributed by atoms with Crippen molar-refractivity contribution in [3.05, 3.63) is 23.8 Å². The van der Waals surface area contributed by atoms with Crippen molar-refractivity contribution in [3.8, 4) is 11.5 Å². The molecule has 1 aromatic rings. The largest absolute Gasteiger partial charge is 0.486 e. The Labute approximate surface area is 121 Å². The molecule has 1 atom stereocenters. The molecule has 0 radical (unpaired) electrons. The lowest BCUT2D eigenvalue weighted by molar-refractivity contribution is 0.171. The van der Waals surface area contributed by atoms with Crippen molar-refractivity contribution in [1.29, 1.82) is 0 Å². The van der Waals surface area contributed by atoms with Gasteiger partial charge in [0, 0.05) is 6.04 Å². The molecular weight excluding hydrogens is 250 g/mol. The van der Waals surface area contributed by atoms with E-state index in [0.29, 0.717) is 19.3 Å². The second-order valence-electron chi connectivity index (χ2n) is 5.97. The van der Waals surface area contributed by atoms with E-state index in [2.05, 4.69) is 24.5 Å². The topological polar surface area (TPSA) is 30.5 Å². The Bertz CT molecular complexity index is 441. The third-order valence-electron chi connectivity index (χ3n) is 4.66. The van der Waals surface area contributed by atoms with Crippen molar-refractivity contribution in [3.63, 3.8) is 0 Å². The van der Waals surface area contributed by atoms with Gasteiger partial charge in [0.2, 0.25) is 0 Å². The minimum atomic E-state index is 0.423. The van der Waals surface area contributed by atoms with Gasteiger partial charge in [0.15, 0.2) is 11.5 Å². The lowest BCUT2D eigenvalue weighted by Gasteiger charge is -2.23. The predicted octanol–water partition coefficient (Wildman–Crippen LogP) is 3.69. The third-order valence-corrected chi connectivity index (χ3v) is 4.66. The Morgan fingerprint density at radius 2 is 1.90 bits per heavy atom. The van der Waals surface area contributed by atoms with E-state index < -0.39 is 0 Å². The van der Waals surface area contributed by atoms with E-state index in [1.165, 1.54) is 44.1 Å². The fourth-order valence-electron chi connectivity index (χ4n) is 3.46. The molecule has 1 fully saturated rings. The zero-order valence-corrected chi connectivity index (χ0v) is 12.4. The summed E-state index contributed by atoms with van der Waals surface area (Å²) in [5.74, 6) is 2.73. The number of hydrogen-bond donors (Lipinski definition) is 1. The second-order valence-corrected chi connectivity index (χ2v) is 5.97. The van der Waals surface area contributed by atoms with Crippen LogP contribution in [0.1, 0.15) is 50.1 Å². The minimum Gasteiger partial charge on any atom is -0.486 e. The molecule has 1 aliphatic carbocycles. The van der Waals surface area contributed by atoms with Crippen LogP contribution >= 0.6 is 0 Å². The van der Waals surface area contributed by atoms with Crippen LogP contribution in [0.4, 0.5) is 0 Å². The molecule has 0 saturated heterocycles. The van der Waals surface area contributed by atoms with E-state index in [-0.39, 0.29) is 0 Å². The molecule has 1 aliphatic heterocycles. The molecule has 1 N–H and O–H groups in total. The Hall–Kier alpha value is -1.22. The predicted molar refractivity (Wildman–Crippen MR) is 80.4 cm³/mol. The molecule has 3 heteroatoms. The van der Waals surface area contributed by atoms with Crippen LogP contribution in [-0.2, 0) is 0 Å². The lowest BCUT2D eigenvalue weighted by Crippen LogP contribution is -2.19. The van der Waals surface area contributed by atoms with E-state index in [9.17, 15) is 0 Å². The first-order valence-corrected chi connectivity index (χ1v) is 7.93. The highest BCUT2D eigenvalue weighted by Gasteiger charge is 2.19. The molecule has 20 heavy (non-hydrogen) atoms. The Kier molecular flexibility index (Phi) is 4.46. The Morgan fingerprint density at radius 3 is 2.65 bits per heavy atom. The SMILES string of the molecule is CNC(CCC1CCCC1)c1ccc2c(c1)OCCO2. The molecule has 1 saturated carbocycles. The second kappa shape index (κ2) is 6.49. The van der Waals surface area contributed by atoms with Crippen LogP contribution in [0.2, 0.25) is 0 Å². The van der Waals surface area contributed by atoms with E-state index in [4.69, 9.17) is 9.47 Å². The van der Waals surface area contributed by atoms with Gasteiger partial charge in [0.25, 0.3) is 0 Å². The van der Waals surface area contributed by atoms with Crippen LogP contribution in [0, 0.1) is 5.92 Å². The molecule has 2 aliphatic rings. The molecule has 0 aromatic heterocycles. The van der Waals surface area contributed by atoms with Gasteiger partial charge in [-0.2, -0.15) is 0 Å². The van der Waals surface area contributed by atoms with Gasteiger partial charge in [-0.3, -0.25) is 0 Å². The molecular formula is C17H25NO2. The Balaban J connectivity index is 1.65. The fourth-order valence-corrected chi connectivity index (χ4v) is 3.46. The van der Waals surface area contributed by atoms with Gasteiger partial charge in [-0.05, 0) is 43.5 Å². The summed E-state index contributed by atoms with van der Waals surface area (Å²) < 4.78 is 11.3. The molecule has 3 rings (SSSR count). The van der Waals surface area contributed by atoms with Gasteiger partial charge in [-0.25, -0.2) is 0 Å². The van der Waals surface area contributed by atoms with Gasteiger partial charge in [-0.15, -0.1) is 0 Å². The van der Waals surface area contributed by atoms with Crippen molar-refractivity contribution < 1.29 is 9.47 Å². The summed E-state index contributed by atoms with van der Waals surface area (Å²) in [5.41, 5.74) is 1.31. The summed E-state index contributed by atoms with van der Waals surface area (Å²) in [5, 5.41) is 3.45. The van der Waals surface area contributed by atoms with E-state index >= 15 is 0 Å². The summed E-state index contributed by atoms with van der Waals surface area (Å²) in [6.45, 7) is 1.31. The number of ether oxygens (including phenoxy) is 2. The van der Waals surface area contributed by atoms with Crippen LogP contribution in [0.25, 0.3) is 0 Å². The highest BCUT2D eigenvalue weighted by atomic mass is 16.6. The average molecular weight is 275 g/mol. The van der Waals surface area contributed by atoms with Gasteiger partial charge in [0.1, 0.15) is 13.2 Å². The Morgan fingerprint density at radius 1 is 1.15 bits per heavy atom. The van der Waals surface area contributed by atoms with Crippen molar-refractivity contribution in [2.45, 2.75) is 44.6 Å². The van der Waals surface area contributed by atoms with Crippen molar-refractivity contribution >= 4 is 0 Å². The quantitative estimate of drug-likeness (QED) is 0.889. The minimum absolute atomic E-state index is 0.423.